The molecule has 1 N–H and O–H groups in total. The number of halogens is 1. The summed E-state index contributed by atoms with van der Waals surface area (Å²) < 4.78 is 32.9. The van der Waals surface area contributed by atoms with Crippen LogP contribution < -0.4 is 14.4 Å². The van der Waals surface area contributed by atoms with Crippen LogP contribution in [0.1, 0.15) is 5.56 Å². The zero-order valence-corrected chi connectivity index (χ0v) is 14.0. The smallest absolute Gasteiger partial charge is 0.264 e. The van der Waals surface area contributed by atoms with Gasteiger partial charge in [0, 0.05) is 10.7 Å². The van der Waals surface area contributed by atoms with E-state index in [2.05, 4.69) is 5.32 Å². The highest BCUT2D eigenvalue weighted by Crippen LogP contribution is 2.38. The normalized spacial score (nSPS) is 16.2. The summed E-state index contributed by atoms with van der Waals surface area (Å²) in [5.41, 5.74) is 1.76. The highest BCUT2D eigenvalue weighted by Gasteiger charge is 2.31. The van der Waals surface area contributed by atoms with Gasteiger partial charge in [-0.1, -0.05) is 11.6 Å². The Bertz CT molecular complexity index is 959. The Morgan fingerprint density at radius 2 is 2.00 bits per heavy atom. The van der Waals surface area contributed by atoms with Gasteiger partial charge in [0.15, 0.2) is 0 Å². The molecule has 2 heterocycles. The first kappa shape index (κ1) is 15.3. The Kier molecular flexibility index (Phi) is 3.43. The highest BCUT2D eigenvalue weighted by atomic mass is 35.5. The van der Waals surface area contributed by atoms with Gasteiger partial charge in [-0.25, -0.2) is 8.42 Å². The van der Waals surface area contributed by atoms with E-state index in [1.54, 1.807) is 30.3 Å². The van der Waals surface area contributed by atoms with Crippen molar-refractivity contribution in [1.29, 1.82) is 0 Å². The summed E-state index contributed by atoms with van der Waals surface area (Å²) >= 11 is 6.01. The molecular formula is C16H13ClN2O4S. The van der Waals surface area contributed by atoms with E-state index in [1.165, 1.54) is 10.4 Å². The number of rotatable bonds is 2. The maximum atomic E-state index is 13.1. The molecular weight excluding hydrogens is 352 g/mol. The molecule has 0 atom stereocenters. The van der Waals surface area contributed by atoms with Crippen LogP contribution in [0.3, 0.4) is 0 Å². The molecule has 0 saturated heterocycles. The Morgan fingerprint density at radius 3 is 2.83 bits per heavy atom. The zero-order chi connectivity index (χ0) is 16.9. The van der Waals surface area contributed by atoms with E-state index in [4.69, 9.17) is 16.3 Å². The third-order valence-corrected chi connectivity index (χ3v) is 6.08. The minimum atomic E-state index is -3.78. The Balaban J connectivity index is 1.79. The molecule has 0 bridgehead atoms. The number of nitrogens with zero attached hydrogens (tertiary/aromatic N) is 1. The summed E-state index contributed by atoms with van der Waals surface area (Å²) in [6, 6.07) is 9.55. The highest BCUT2D eigenvalue weighted by molar-refractivity contribution is 7.92. The predicted molar refractivity (Wildman–Crippen MR) is 90.3 cm³/mol. The molecule has 0 aromatic heterocycles. The van der Waals surface area contributed by atoms with Gasteiger partial charge in [-0.05, 0) is 42.0 Å². The molecule has 1 amide bonds. The van der Waals surface area contributed by atoms with Gasteiger partial charge in [-0.3, -0.25) is 9.10 Å². The maximum absolute atomic E-state index is 13.1. The van der Waals surface area contributed by atoms with Crippen molar-refractivity contribution in [2.45, 2.75) is 11.3 Å². The number of nitrogens with one attached hydrogen (secondary N) is 1. The van der Waals surface area contributed by atoms with Crippen molar-refractivity contribution in [1.82, 2.24) is 0 Å². The average molecular weight is 365 g/mol. The van der Waals surface area contributed by atoms with Crippen LogP contribution in [0.15, 0.2) is 41.3 Å². The van der Waals surface area contributed by atoms with E-state index in [1.807, 2.05) is 0 Å². The second-order valence-electron chi connectivity index (χ2n) is 5.58. The average Bonchev–Trinajstić information content (AvgIpc) is 2.93. The summed E-state index contributed by atoms with van der Waals surface area (Å²) in [5, 5.41) is 3.13. The number of fused-ring (bicyclic) bond motifs is 2. The molecule has 0 spiro atoms. The second kappa shape index (κ2) is 5.39. The fraction of sp³-hybridized carbons (Fsp3) is 0.188. The van der Waals surface area contributed by atoms with Crippen LogP contribution in [0.4, 0.5) is 11.4 Å². The molecule has 0 unspecified atom stereocenters. The molecule has 2 aliphatic heterocycles. The molecule has 24 heavy (non-hydrogen) atoms. The molecule has 0 radical (unpaired) electrons. The quantitative estimate of drug-likeness (QED) is 0.888. The summed E-state index contributed by atoms with van der Waals surface area (Å²) in [4.78, 5) is 11.6. The minimum absolute atomic E-state index is 0.136. The Morgan fingerprint density at radius 1 is 1.17 bits per heavy atom. The van der Waals surface area contributed by atoms with Crippen LogP contribution in [0, 0.1) is 0 Å². The number of ether oxygens (including phenoxy) is 1. The van der Waals surface area contributed by atoms with Crippen molar-refractivity contribution in [3.05, 3.63) is 47.0 Å². The van der Waals surface area contributed by atoms with Gasteiger partial charge in [0.2, 0.25) is 5.91 Å². The molecule has 2 aromatic rings. The number of benzene rings is 2. The van der Waals surface area contributed by atoms with E-state index >= 15 is 0 Å². The molecule has 8 heteroatoms. The second-order valence-corrected chi connectivity index (χ2v) is 7.88. The van der Waals surface area contributed by atoms with Crippen molar-refractivity contribution >= 4 is 38.9 Å². The van der Waals surface area contributed by atoms with E-state index in [9.17, 15) is 13.2 Å². The molecule has 0 aliphatic carbocycles. The lowest BCUT2D eigenvalue weighted by atomic mass is 10.2. The van der Waals surface area contributed by atoms with Crippen molar-refractivity contribution < 1.29 is 17.9 Å². The topological polar surface area (TPSA) is 75.7 Å². The lowest BCUT2D eigenvalue weighted by Crippen LogP contribution is -2.37. The van der Waals surface area contributed by atoms with Crippen molar-refractivity contribution in [3.8, 4) is 5.75 Å². The van der Waals surface area contributed by atoms with Gasteiger partial charge in [-0.2, -0.15) is 0 Å². The third-order valence-electron chi connectivity index (χ3n) is 4.03. The lowest BCUT2D eigenvalue weighted by molar-refractivity contribution is -0.115. The van der Waals surface area contributed by atoms with Crippen LogP contribution in [-0.4, -0.2) is 27.5 Å². The predicted octanol–water partition coefficient (Wildman–Crippen LogP) is 2.42. The number of amides is 1. The summed E-state index contributed by atoms with van der Waals surface area (Å²) in [6.45, 7) is 0.461. The van der Waals surface area contributed by atoms with Crippen LogP contribution in [-0.2, 0) is 21.2 Å². The SMILES string of the molecule is O=C1Cc2cc(S(=O)(=O)N3CCOc4ccc(Cl)cc43)ccc2N1. The monoisotopic (exact) mass is 364 g/mol. The standard InChI is InChI=1S/C16H13ClN2O4S/c17-11-1-4-15-14(9-11)19(5-6-23-15)24(21,22)12-2-3-13-10(7-12)8-16(20)18-13/h1-4,7,9H,5-6,8H2,(H,18,20). The summed E-state index contributed by atoms with van der Waals surface area (Å²) in [6.07, 6.45) is 0.185. The number of hydrogen-bond donors (Lipinski definition) is 1. The number of carbonyl (C=O) groups excluding carboxylic acids is 1. The Labute approximate surface area is 144 Å². The first-order valence-electron chi connectivity index (χ1n) is 7.33. The van der Waals surface area contributed by atoms with Crippen molar-refractivity contribution in [3.63, 3.8) is 0 Å². The van der Waals surface area contributed by atoms with E-state index in [0.717, 1.165) is 0 Å². The van der Waals surface area contributed by atoms with Crippen molar-refractivity contribution in [2.24, 2.45) is 0 Å². The molecule has 6 nitrogen and oxygen atoms in total. The molecule has 2 aliphatic rings. The lowest BCUT2D eigenvalue weighted by Gasteiger charge is -2.30. The van der Waals surface area contributed by atoms with Gasteiger partial charge in [0.25, 0.3) is 10.0 Å². The molecule has 2 aromatic carbocycles. The van der Waals surface area contributed by atoms with E-state index in [0.29, 0.717) is 27.7 Å². The minimum Gasteiger partial charge on any atom is -0.489 e. The van der Waals surface area contributed by atoms with Crippen molar-refractivity contribution in [2.75, 3.05) is 22.8 Å². The zero-order valence-electron chi connectivity index (χ0n) is 12.5. The van der Waals surface area contributed by atoms with Gasteiger partial charge in [0.05, 0.1) is 23.5 Å². The van der Waals surface area contributed by atoms with E-state index < -0.39 is 10.0 Å². The Hall–Kier alpha value is -2.25. The molecule has 4 rings (SSSR count). The first-order chi connectivity index (χ1) is 11.4. The first-order valence-corrected chi connectivity index (χ1v) is 9.15. The van der Waals surface area contributed by atoms with Gasteiger partial charge < -0.3 is 10.1 Å². The van der Waals surface area contributed by atoms with Crippen LogP contribution >= 0.6 is 11.6 Å². The van der Waals surface area contributed by atoms with Gasteiger partial charge in [-0.15, -0.1) is 0 Å². The molecule has 0 saturated carbocycles. The van der Waals surface area contributed by atoms with Crippen LogP contribution in [0.2, 0.25) is 5.02 Å². The van der Waals surface area contributed by atoms with Crippen LogP contribution in [0.25, 0.3) is 0 Å². The number of hydrogen-bond acceptors (Lipinski definition) is 4. The fourth-order valence-corrected chi connectivity index (χ4v) is 4.58. The maximum Gasteiger partial charge on any atom is 0.264 e. The van der Waals surface area contributed by atoms with Gasteiger partial charge in [0.1, 0.15) is 12.4 Å². The van der Waals surface area contributed by atoms with Crippen LogP contribution in [0.5, 0.6) is 5.75 Å². The summed E-state index contributed by atoms with van der Waals surface area (Å²) in [7, 11) is -3.78. The third kappa shape index (κ3) is 2.40. The summed E-state index contributed by atoms with van der Waals surface area (Å²) in [5.74, 6) is 0.343. The molecule has 0 fully saturated rings. The van der Waals surface area contributed by atoms with E-state index in [-0.39, 0.29) is 30.4 Å². The number of anilines is 2. The fourth-order valence-electron chi connectivity index (χ4n) is 2.91. The largest absolute Gasteiger partial charge is 0.489 e. The number of sulfonamides is 1. The van der Waals surface area contributed by atoms with Gasteiger partial charge >= 0.3 is 0 Å². The number of carbonyl (C=O) groups is 1. The molecule has 124 valence electrons.